The highest BCUT2D eigenvalue weighted by Crippen LogP contribution is 2.40. The summed E-state index contributed by atoms with van der Waals surface area (Å²) in [6.07, 6.45) is 26.1. The molecule has 0 radical (unpaired) electrons. The lowest BCUT2D eigenvalue weighted by molar-refractivity contribution is 0.0697. The van der Waals surface area contributed by atoms with Crippen molar-refractivity contribution in [3.63, 3.8) is 0 Å². The van der Waals surface area contributed by atoms with E-state index in [9.17, 15) is 9.90 Å². The van der Waals surface area contributed by atoms with Crippen molar-refractivity contribution in [2.75, 3.05) is 13.2 Å². The number of hydrogen-bond donors (Lipinski definition) is 1. The SMILES string of the molecule is CCCCCCCCCCCCOc1ccc(C(=O)O)c(Cl)c1-c1ccc(OCCCC2CCC(CCCCC)CC2)cc1. The molecule has 0 aromatic heterocycles. The Morgan fingerprint density at radius 3 is 1.80 bits per heavy atom. The quantitative estimate of drug-likeness (QED) is 0.125. The van der Waals surface area contributed by atoms with Crippen LogP contribution in [-0.2, 0) is 0 Å². The van der Waals surface area contributed by atoms with Crippen molar-refractivity contribution in [3.05, 3.63) is 47.0 Å². The van der Waals surface area contributed by atoms with Gasteiger partial charge in [0.05, 0.1) is 23.8 Å². The second-order valence-corrected chi connectivity index (χ2v) is 13.4. The van der Waals surface area contributed by atoms with Crippen molar-refractivity contribution >= 4 is 17.6 Å². The van der Waals surface area contributed by atoms with Gasteiger partial charge in [0.1, 0.15) is 11.5 Å². The van der Waals surface area contributed by atoms with Gasteiger partial charge in [0.15, 0.2) is 0 Å². The van der Waals surface area contributed by atoms with E-state index >= 15 is 0 Å². The number of rotatable bonds is 23. The average molecular weight is 627 g/mol. The van der Waals surface area contributed by atoms with Crippen molar-refractivity contribution in [3.8, 4) is 22.6 Å². The van der Waals surface area contributed by atoms with Crippen molar-refractivity contribution in [2.45, 2.75) is 142 Å². The smallest absolute Gasteiger partial charge is 0.337 e. The summed E-state index contributed by atoms with van der Waals surface area (Å²) in [6.45, 7) is 5.86. The molecule has 0 amide bonds. The molecule has 4 nitrogen and oxygen atoms in total. The first-order valence-electron chi connectivity index (χ1n) is 17.9. The maximum absolute atomic E-state index is 11.8. The van der Waals surface area contributed by atoms with Gasteiger partial charge in [0, 0.05) is 5.56 Å². The number of ether oxygens (including phenoxy) is 2. The summed E-state index contributed by atoms with van der Waals surface area (Å²) < 4.78 is 12.3. The Bertz CT molecular complexity index is 1060. The molecule has 3 rings (SSSR count). The van der Waals surface area contributed by atoms with E-state index < -0.39 is 5.97 Å². The third-order valence-corrected chi connectivity index (χ3v) is 9.83. The van der Waals surface area contributed by atoms with E-state index in [4.69, 9.17) is 21.1 Å². The van der Waals surface area contributed by atoms with Crippen LogP contribution in [0.25, 0.3) is 11.1 Å². The minimum Gasteiger partial charge on any atom is -0.494 e. The van der Waals surface area contributed by atoms with Crippen molar-refractivity contribution in [1.82, 2.24) is 0 Å². The molecule has 5 heteroatoms. The second kappa shape index (κ2) is 21.5. The molecular formula is C39H59ClO4. The molecule has 0 saturated heterocycles. The Kier molecular flexibility index (Phi) is 17.7. The monoisotopic (exact) mass is 626 g/mol. The first kappa shape index (κ1) is 36.3. The zero-order valence-corrected chi connectivity index (χ0v) is 28.5. The molecule has 2 aromatic rings. The lowest BCUT2D eigenvalue weighted by atomic mass is 9.78. The normalized spacial score (nSPS) is 16.6. The molecule has 1 aliphatic carbocycles. The van der Waals surface area contributed by atoms with Gasteiger partial charge in [-0.05, 0) is 60.9 Å². The van der Waals surface area contributed by atoms with E-state index in [1.165, 1.54) is 109 Å². The Labute approximate surface area is 273 Å². The van der Waals surface area contributed by atoms with Crippen molar-refractivity contribution < 1.29 is 19.4 Å². The fraction of sp³-hybridized carbons (Fsp3) is 0.667. The van der Waals surface area contributed by atoms with Gasteiger partial charge in [-0.1, -0.05) is 147 Å². The van der Waals surface area contributed by atoms with Gasteiger partial charge >= 0.3 is 5.97 Å². The molecule has 0 bridgehead atoms. The molecule has 2 aromatic carbocycles. The maximum Gasteiger partial charge on any atom is 0.337 e. The van der Waals surface area contributed by atoms with Crippen LogP contribution in [0.4, 0.5) is 0 Å². The molecule has 1 fully saturated rings. The van der Waals surface area contributed by atoms with E-state index in [1.54, 1.807) is 12.1 Å². The largest absolute Gasteiger partial charge is 0.494 e. The van der Waals surface area contributed by atoms with E-state index in [-0.39, 0.29) is 10.6 Å². The van der Waals surface area contributed by atoms with Gasteiger partial charge in [0.25, 0.3) is 0 Å². The van der Waals surface area contributed by atoms with Gasteiger partial charge < -0.3 is 14.6 Å². The summed E-state index contributed by atoms with van der Waals surface area (Å²) in [5.74, 6) is 2.23. The molecule has 1 aliphatic rings. The molecule has 0 heterocycles. The Hall–Kier alpha value is -2.20. The number of unbranched alkanes of at least 4 members (excludes halogenated alkanes) is 11. The van der Waals surface area contributed by atoms with Gasteiger partial charge in [-0.15, -0.1) is 0 Å². The van der Waals surface area contributed by atoms with Crippen LogP contribution in [0.2, 0.25) is 5.02 Å². The summed E-state index contributed by atoms with van der Waals surface area (Å²) in [5, 5.41) is 9.89. The number of hydrogen-bond acceptors (Lipinski definition) is 3. The second-order valence-electron chi connectivity index (χ2n) is 13.0. The summed E-state index contributed by atoms with van der Waals surface area (Å²) >= 11 is 6.65. The summed E-state index contributed by atoms with van der Waals surface area (Å²) in [4.78, 5) is 11.8. The summed E-state index contributed by atoms with van der Waals surface area (Å²) in [5.41, 5.74) is 1.55. The summed E-state index contributed by atoms with van der Waals surface area (Å²) in [7, 11) is 0. The molecule has 0 aliphatic heterocycles. The maximum atomic E-state index is 11.8. The molecule has 1 N–H and O–H groups in total. The van der Waals surface area contributed by atoms with Crippen LogP contribution in [0.15, 0.2) is 36.4 Å². The fourth-order valence-electron chi connectivity index (χ4n) is 6.66. The zero-order valence-electron chi connectivity index (χ0n) is 27.7. The predicted molar refractivity (Wildman–Crippen MR) is 186 cm³/mol. The third-order valence-electron chi connectivity index (χ3n) is 9.44. The van der Waals surface area contributed by atoms with Gasteiger partial charge in [0.2, 0.25) is 0 Å². The van der Waals surface area contributed by atoms with Crippen LogP contribution < -0.4 is 9.47 Å². The number of carbonyl (C=O) groups is 1. The molecule has 0 spiro atoms. The highest BCUT2D eigenvalue weighted by molar-refractivity contribution is 6.36. The molecule has 246 valence electrons. The van der Waals surface area contributed by atoms with Crippen LogP contribution in [0, 0.1) is 11.8 Å². The first-order chi connectivity index (χ1) is 21.5. The Morgan fingerprint density at radius 1 is 0.682 bits per heavy atom. The van der Waals surface area contributed by atoms with Crippen LogP contribution in [0.1, 0.15) is 153 Å². The standard InChI is InChI=1S/C39H59ClO4/c1-3-5-7-8-9-10-11-12-13-15-29-44-36-28-27-35(39(41)42)38(40)37(36)33-23-25-34(26-24-33)43-30-16-18-32-21-19-31(20-22-32)17-14-6-4-2/h23-28,31-32H,3-22,29-30H2,1-2H3,(H,41,42). The van der Waals surface area contributed by atoms with Gasteiger partial charge in [-0.25, -0.2) is 4.79 Å². The minimum atomic E-state index is -1.04. The van der Waals surface area contributed by atoms with E-state index in [0.29, 0.717) is 17.9 Å². The third kappa shape index (κ3) is 13.0. The molecule has 1 saturated carbocycles. The Morgan fingerprint density at radius 2 is 1.20 bits per heavy atom. The zero-order chi connectivity index (χ0) is 31.4. The Balaban J connectivity index is 1.43. The number of benzene rings is 2. The predicted octanol–water partition coefficient (Wildman–Crippen LogP) is 12.6. The summed E-state index contributed by atoms with van der Waals surface area (Å²) in [6, 6.07) is 11.1. The van der Waals surface area contributed by atoms with Crippen LogP contribution in [0.3, 0.4) is 0 Å². The minimum absolute atomic E-state index is 0.0864. The molecule has 44 heavy (non-hydrogen) atoms. The van der Waals surface area contributed by atoms with Crippen molar-refractivity contribution in [2.24, 2.45) is 11.8 Å². The van der Waals surface area contributed by atoms with Crippen molar-refractivity contribution in [1.29, 1.82) is 0 Å². The average Bonchev–Trinajstić information content (AvgIpc) is 3.03. The van der Waals surface area contributed by atoms with E-state index in [2.05, 4.69) is 13.8 Å². The highest BCUT2D eigenvalue weighted by Gasteiger charge is 2.21. The topological polar surface area (TPSA) is 55.8 Å². The number of halogens is 1. The van der Waals surface area contributed by atoms with Gasteiger partial charge in [-0.2, -0.15) is 0 Å². The van der Waals surface area contributed by atoms with Crippen LogP contribution >= 0.6 is 11.6 Å². The van der Waals surface area contributed by atoms with E-state index in [0.717, 1.165) is 49.0 Å². The first-order valence-corrected chi connectivity index (χ1v) is 18.3. The number of carboxylic acids is 1. The molecular weight excluding hydrogens is 568 g/mol. The van der Waals surface area contributed by atoms with Crippen LogP contribution in [-0.4, -0.2) is 24.3 Å². The van der Waals surface area contributed by atoms with E-state index in [1.807, 2.05) is 24.3 Å². The van der Waals surface area contributed by atoms with Crippen LogP contribution in [0.5, 0.6) is 11.5 Å². The number of aromatic carboxylic acids is 1. The molecule has 0 unspecified atom stereocenters. The molecule has 0 atom stereocenters. The lowest BCUT2D eigenvalue weighted by Gasteiger charge is -2.28. The van der Waals surface area contributed by atoms with Gasteiger partial charge in [-0.3, -0.25) is 0 Å². The fourth-order valence-corrected chi connectivity index (χ4v) is 7.00. The lowest BCUT2D eigenvalue weighted by Crippen LogP contribution is -2.15. The highest BCUT2D eigenvalue weighted by atomic mass is 35.5. The number of carboxylic acid groups (broad SMARTS) is 1.